The average molecular weight is 365 g/mol. The Morgan fingerprint density at radius 2 is 2.23 bits per heavy atom. The number of carbonyl (C=O) groups excluding carboxylic acids is 1. The predicted molar refractivity (Wildman–Crippen MR) is 95.1 cm³/mol. The zero-order valence-corrected chi connectivity index (χ0v) is 15.5. The molecule has 1 aromatic rings. The lowest BCUT2D eigenvalue weighted by Crippen LogP contribution is -2.49. The standard InChI is InChI=1S/C19H27NO6/c1-13(26-12-16-8-5-9-25-16)18(23)20-19(2,11-17(21)22)14-6-4-7-15(10-14)24-3/h4,6-7,10,13,16H,5,8-9,11-12H2,1-3H3,(H,20,23)(H,21,22). The van der Waals surface area contributed by atoms with E-state index in [4.69, 9.17) is 14.2 Å². The Labute approximate surface area is 153 Å². The van der Waals surface area contributed by atoms with Crippen molar-refractivity contribution in [2.45, 2.75) is 50.9 Å². The van der Waals surface area contributed by atoms with E-state index in [1.807, 2.05) is 0 Å². The molecule has 0 aliphatic carbocycles. The normalized spacial score (nSPS) is 20.2. The topological polar surface area (TPSA) is 94.1 Å². The second-order valence-electron chi connectivity index (χ2n) is 6.73. The van der Waals surface area contributed by atoms with Crippen LogP contribution >= 0.6 is 0 Å². The number of nitrogens with one attached hydrogen (secondary N) is 1. The Bertz CT molecular complexity index is 628. The predicted octanol–water partition coefficient (Wildman–Crippen LogP) is 2.09. The van der Waals surface area contributed by atoms with Crippen LogP contribution in [0, 0.1) is 0 Å². The van der Waals surface area contributed by atoms with Crippen molar-refractivity contribution in [2.24, 2.45) is 0 Å². The molecule has 0 spiro atoms. The van der Waals surface area contributed by atoms with Crippen LogP contribution in [0.15, 0.2) is 24.3 Å². The number of carboxylic acid groups (broad SMARTS) is 1. The largest absolute Gasteiger partial charge is 0.497 e. The third kappa shape index (κ3) is 5.44. The van der Waals surface area contributed by atoms with E-state index in [1.165, 1.54) is 7.11 Å². The van der Waals surface area contributed by atoms with Gasteiger partial charge in [-0.1, -0.05) is 12.1 Å². The van der Waals surface area contributed by atoms with Crippen LogP contribution in [0.4, 0.5) is 0 Å². The van der Waals surface area contributed by atoms with Crippen LogP contribution in [0.2, 0.25) is 0 Å². The van der Waals surface area contributed by atoms with Crippen molar-refractivity contribution in [3.8, 4) is 5.75 Å². The van der Waals surface area contributed by atoms with Crippen molar-refractivity contribution in [1.82, 2.24) is 5.32 Å². The first-order valence-electron chi connectivity index (χ1n) is 8.75. The minimum absolute atomic E-state index is 0.0223. The third-order valence-corrected chi connectivity index (χ3v) is 4.54. The summed E-state index contributed by atoms with van der Waals surface area (Å²) in [4.78, 5) is 23.9. The smallest absolute Gasteiger partial charge is 0.306 e. The van der Waals surface area contributed by atoms with E-state index in [2.05, 4.69) is 5.32 Å². The average Bonchev–Trinajstić information content (AvgIpc) is 3.12. The summed E-state index contributed by atoms with van der Waals surface area (Å²) in [6, 6.07) is 7.02. The van der Waals surface area contributed by atoms with E-state index in [-0.39, 0.29) is 18.4 Å². The molecule has 1 aromatic carbocycles. The summed E-state index contributed by atoms with van der Waals surface area (Å²) in [7, 11) is 1.53. The number of carbonyl (C=O) groups is 2. The Morgan fingerprint density at radius 3 is 2.85 bits per heavy atom. The molecular weight excluding hydrogens is 338 g/mol. The summed E-state index contributed by atoms with van der Waals surface area (Å²) in [5, 5.41) is 12.1. The molecule has 1 aliphatic heterocycles. The second kappa shape index (κ2) is 9.00. The van der Waals surface area contributed by atoms with Gasteiger partial charge in [-0.15, -0.1) is 0 Å². The molecule has 26 heavy (non-hydrogen) atoms. The molecule has 0 aromatic heterocycles. The number of rotatable bonds is 9. The van der Waals surface area contributed by atoms with Crippen LogP contribution in [0.1, 0.15) is 38.7 Å². The Hall–Kier alpha value is -2.12. The quantitative estimate of drug-likeness (QED) is 0.696. The third-order valence-electron chi connectivity index (χ3n) is 4.54. The molecule has 2 N–H and O–H groups in total. The van der Waals surface area contributed by atoms with Gasteiger partial charge in [0.15, 0.2) is 0 Å². The van der Waals surface area contributed by atoms with E-state index in [0.717, 1.165) is 19.4 Å². The van der Waals surface area contributed by atoms with Crippen LogP contribution < -0.4 is 10.1 Å². The van der Waals surface area contributed by atoms with Gasteiger partial charge in [0.2, 0.25) is 5.91 Å². The first-order valence-corrected chi connectivity index (χ1v) is 8.75. The molecule has 144 valence electrons. The van der Waals surface area contributed by atoms with E-state index in [9.17, 15) is 14.7 Å². The molecule has 0 saturated carbocycles. The maximum atomic E-state index is 12.6. The first kappa shape index (κ1) is 20.2. The molecule has 7 heteroatoms. The van der Waals surface area contributed by atoms with Crippen LogP contribution in [0.25, 0.3) is 0 Å². The molecule has 3 unspecified atom stereocenters. The van der Waals surface area contributed by atoms with Crippen molar-refractivity contribution in [1.29, 1.82) is 0 Å². The zero-order chi connectivity index (χ0) is 19.2. The Morgan fingerprint density at radius 1 is 1.46 bits per heavy atom. The van der Waals surface area contributed by atoms with Gasteiger partial charge >= 0.3 is 5.97 Å². The fourth-order valence-corrected chi connectivity index (χ4v) is 2.96. The lowest BCUT2D eigenvalue weighted by Gasteiger charge is -2.31. The fourth-order valence-electron chi connectivity index (χ4n) is 2.96. The van der Waals surface area contributed by atoms with Gasteiger partial charge in [-0.2, -0.15) is 0 Å². The van der Waals surface area contributed by atoms with Gasteiger partial charge in [0.25, 0.3) is 0 Å². The highest BCUT2D eigenvalue weighted by Gasteiger charge is 2.33. The fraction of sp³-hybridized carbons (Fsp3) is 0.579. The second-order valence-corrected chi connectivity index (χ2v) is 6.73. The number of hydrogen-bond acceptors (Lipinski definition) is 5. The van der Waals surface area contributed by atoms with Crippen molar-refractivity contribution in [2.75, 3.05) is 20.3 Å². The van der Waals surface area contributed by atoms with E-state index in [0.29, 0.717) is 17.9 Å². The van der Waals surface area contributed by atoms with Crippen LogP contribution in [-0.4, -0.2) is 49.5 Å². The van der Waals surface area contributed by atoms with Crippen molar-refractivity contribution in [3.05, 3.63) is 29.8 Å². The molecule has 1 heterocycles. The van der Waals surface area contributed by atoms with Crippen LogP contribution in [0.3, 0.4) is 0 Å². The van der Waals surface area contributed by atoms with Crippen molar-refractivity contribution in [3.63, 3.8) is 0 Å². The van der Waals surface area contributed by atoms with Crippen LogP contribution in [0.5, 0.6) is 5.75 Å². The highest BCUT2D eigenvalue weighted by atomic mass is 16.5. The summed E-state index contributed by atoms with van der Waals surface area (Å²) in [6.07, 6.45) is 0.979. The zero-order valence-electron chi connectivity index (χ0n) is 15.5. The van der Waals surface area contributed by atoms with Crippen LogP contribution in [-0.2, 0) is 24.6 Å². The number of benzene rings is 1. The maximum absolute atomic E-state index is 12.6. The van der Waals surface area contributed by atoms with Gasteiger partial charge in [-0.05, 0) is 44.4 Å². The number of methoxy groups -OCH3 is 1. The molecule has 1 aliphatic rings. The van der Waals surface area contributed by atoms with E-state index in [1.54, 1.807) is 38.1 Å². The number of carboxylic acids is 1. The summed E-state index contributed by atoms with van der Waals surface area (Å²) in [6.45, 7) is 4.40. The van der Waals surface area contributed by atoms with Gasteiger partial charge in [0.1, 0.15) is 11.9 Å². The van der Waals surface area contributed by atoms with Gasteiger partial charge in [-0.3, -0.25) is 9.59 Å². The minimum atomic E-state index is -1.08. The number of ether oxygens (including phenoxy) is 3. The molecule has 2 rings (SSSR count). The molecule has 3 atom stereocenters. The number of amides is 1. The van der Waals surface area contributed by atoms with Crippen molar-refractivity contribution < 1.29 is 28.9 Å². The summed E-state index contributed by atoms with van der Waals surface area (Å²) in [5.41, 5.74) is -0.433. The number of hydrogen-bond donors (Lipinski definition) is 2. The van der Waals surface area contributed by atoms with E-state index >= 15 is 0 Å². The molecular formula is C19H27NO6. The molecule has 1 saturated heterocycles. The summed E-state index contributed by atoms with van der Waals surface area (Å²) >= 11 is 0. The first-order chi connectivity index (χ1) is 12.3. The summed E-state index contributed by atoms with van der Waals surface area (Å²) < 4.78 is 16.3. The molecule has 0 radical (unpaired) electrons. The lowest BCUT2D eigenvalue weighted by atomic mass is 9.88. The van der Waals surface area contributed by atoms with E-state index < -0.39 is 17.6 Å². The highest BCUT2D eigenvalue weighted by Crippen LogP contribution is 2.28. The van der Waals surface area contributed by atoms with Gasteiger partial charge in [0, 0.05) is 6.61 Å². The number of aliphatic carboxylic acids is 1. The lowest BCUT2D eigenvalue weighted by molar-refractivity contribution is -0.140. The minimum Gasteiger partial charge on any atom is -0.497 e. The summed E-state index contributed by atoms with van der Waals surface area (Å²) in [5.74, 6) is -0.783. The van der Waals surface area contributed by atoms with Gasteiger partial charge in [-0.25, -0.2) is 0 Å². The molecule has 1 fully saturated rings. The SMILES string of the molecule is COc1cccc(C(C)(CC(=O)O)NC(=O)C(C)OCC2CCCO2)c1. The molecule has 7 nitrogen and oxygen atoms in total. The Kier molecular flexibility index (Phi) is 6.99. The van der Waals surface area contributed by atoms with Gasteiger partial charge < -0.3 is 24.6 Å². The monoisotopic (exact) mass is 365 g/mol. The van der Waals surface area contributed by atoms with Crippen molar-refractivity contribution >= 4 is 11.9 Å². The highest BCUT2D eigenvalue weighted by molar-refractivity contribution is 5.82. The molecule has 0 bridgehead atoms. The molecule has 1 amide bonds. The maximum Gasteiger partial charge on any atom is 0.306 e. The van der Waals surface area contributed by atoms with Gasteiger partial charge in [0.05, 0.1) is 31.8 Å². The Balaban J connectivity index is 2.07.